The van der Waals surface area contributed by atoms with Gasteiger partial charge in [0, 0.05) is 49.1 Å². The molecule has 3 rings (SSSR count). The van der Waals surface area contributed by atoms with Gasteiger partial charge < -0.3 is 15.4 Å². The van der Waals surface area contributed by atoms with Crippen LogP contribution < -0.4 is 10.6 Å². The summed E-state index contributed by atoms with van der Waals surface area (Å²) in [5, 5.41) is 6.76. The van der Waals surface area contributed by atoms with Crippen LogP contribution in [0.25, 0.3) is 0 Å². The highest BCUT2D eigenvalue weighted by atomic mass is 16.5. The van der Waals surface area contributed by atoms with Crippen molar-refractivity contribution in [2.75, 3.05) is 23.8 Å². The van der Waals surface area contributed by atoms with Crippen LogP contribution in [-0.4, -0.2) is 34.2 Å². The molecule has 1 aliphatic heterocycles. The number of rotatable bonds is 4. The fourth-order valence-corrected chi connectivity index (χ4v) is 2.40. The number of aromatic nitrogens is 3. The van der Waals surface area contributed by atoms with Gasteiger partial charge in [-0.2, -0.15) is 4.98 Å². The van der Waals surface area contributed by atoms with Crippen LogP contribution in [0.3, 0.4) is 0 Å². The van der Waals surface area contributed by atoms with Gasteiger partial charge >= 0.3 is 0 Å². The quantitative estimate of drug-likeness (QED) is 0.904. The van der Waals surface area contributed by atoms with Crippen LogP contribution in [0.2, 0.25) is 0 Å². The number of hydrogen-bond donors (Lipinski definition) is 2. The Bertz CT molecular complexity index is 640. The van der Waals surface area contributed by atoms with E-state index in [2.05, 4.69) is 25.6 Å². The molecule has 1 saturated heterocycles. The Morgan fingerprint density at radius 1 is 1.14 bits per heavy atom. The highest BCUT2D eigenvalue weighted by Crippen LogP contribution is 2.22. The summed E-state index contributed by atoms with van der Waals surface area (Å²) in [6, 6.07) is 2.33. The first-order valence-electron chi connectivity index (χ1n) is 7.58. The number of ether oxygens (including phenoxy) is 1. The predicted octanol–water partition coefficient (Wildman–Crippen LogP) is 2.82. The maximum atomic E-state index is 5.37. The molecule has 0 spiro atoms. The van der Waals surface area contributed by atoms with E-state index in [0.717, 1.165) is 48.7 Å². The normalized spacial score (nSPS) is 15.5. The number of nitrogens with one attached hydrogen (secondary N) is 2. The zero-order chi connectivity index (χ0) is 15.4. The fourth-order valence-electron chi connectivity index (χ4n) is 2.40. The highest BCUT2D eigenvalue weighted by Gasteiger charge is 2.15. The molecule has 6 heteroatoms. The summed E-state index contributed by atoms with van der Waals surface area (Å²) in [6.45, 7) is 5.61. The van der Waals surface area contributed by atoms with Crippen LogP contribution in [0, 0.1) is 13.8 Å². The molecule has 0 bridgehead atoms. The second-order valence-corrected chi connectivity index (χ2v) is 5.57. The lowest BCUT2D eigenvalue weighted by Crippen LogP contribution is -2.28. The Morgan fingerprint density at radius 2 is 1.95 bits per heavy atom. The Labute approximate surface area is 130 Å². The van der Waals surface area contributed by atoms with Crippen molar-refractivity contribution in [1.82, 2.24) is 15.0 Å². The second-order valence-electron chi connectivity index (χ2n) is 5.57. The van der Waals surface area contributed by atoms with E-state index in [0.29, 0.717) is 12.0 Å². The van der Waals surface area contributed by atoms with Gasteiger partial charge in [-0.25, -0.2) is 4.98 Å². The third kappa shape index (κ3) is 3.51. The van der Waals surface area contributed by atoms with E-state index in [1.165, 1.54) is 0 Å². The first-order valence-corrected chi connectivity index (χ1v) is 7.58. The van der Waals surface area contributed by atoms with Crippen LogP contribution in [0.1, 0.15) is 24.0 Å². The summed E-state index contributed by atoms with van der Waals surface area (Å²) in [5.41, 5.74) is 3.10. The maximum Gasteiger partial charge on any atom is 0.224 e. The molecular weight excluding hydrogens is 278 g/mol. The van der Waals surface area contributed by atoms with Crippen molar-refractivity contribution in [2.24, 2.45) is 0 Å². The zero-order valence-electron chi connectivity index (χ0n) is 13.0. The van der Waals surface area contributed by atoms with Gasteiger partial charge in [0.15, 0.2) is 0 Å². The molecule has 2 aromatic rings. The first kappa shape index (κ1) is 14.7. The van der Waals surface area contributed by atoms with E-state index in [4.69, 9.17) is 4.74 Å². The van der Waals surface area contributed by atoms with Crippen LogP contribution >= 0.6 is 0 Å². The molecule has 0 atom stereocenters. The molecule has 2 N–H and O–H groups in total. The average molecular weight is 299 g/mol. The minimum Gasteiger partial charge on any atom is -0.381 e. The Balaban J connectivity index is 1.76. The molecule has 0 aliphatic carbocycles. The van der Waals surface area contributed by atoms with Crippen LogP contribution in [0.15, 0.2) is 24.7 Å². The summed E-state index contributed by atoms with van der Waals surface area (Å²) in [4.78, 5) is 13.1. The molecule has 0 amide bonds. The smallest absolute Gasteiger partial charge is 0.224 e. The molecule has 6 nitrogen and oxygen atoms in total. The van der Waals surface area contributed by atoms with Gasteiger partial charge in [-0.05, 0) is 38.3 Å². The molecule has 22 heavy (non-hydrogen) atoms. The highest BCUT2D eigenvalue weighted by molar-refractivity contribution is 5.62. The van der Waals surface area contributed by atoms with E-state index >= 15 is 0 Å². The number of hydrogen-bond acceptors (Lipinski definition) is 6. The average Bonchev–Trinajstić information content (AvgIpc) is 2.54. The molecule has 116 valence electrons. The Morgan fingerprint density at radius 3 is 2.73 bits per heavy atom. The third-order valence-corrected chi connectivity index (χ3v) is 3.80. The largest absolute Gasteiger partial charge is 0.381 e. The molecule has 3 heterocycles. The molecule has 2 aromatic heterocycles. The molecule has 0 aromatic carbocycles. The van der Waals surface area contributed by atoms with Gasteiger partial charge in [-0.1, -0.05) is 0 Å². The third-order valence-electron chi connectivity index (χ3n) is 3.80. The van der Waals surface area contributed by atoms with E-state index in [1.54, 1.807) is 6.20 Å². The summed E-state index contributed by atoms with van der Waals surface area (Å²) >= 11 is 0. The topological polar surface area (TPSA) is 72.0 Å². The molecule has 0 unspecified atom stereocenters. The summed E-state index contributed by atoms with van der Waals surface area (Å²) in [6.07, 6.45) is 7.42. The standard InChI is InChI=1S/C16H21N5O/c1-11-9-17-6-3-14(11)20-15-12(2)10-18-16(21-15)19-13-4-7-22-8-5-13/h3,6,9-10,13H,4-5,7-8H2,1-2H3,(H2,17,18,19,20,21). The van der Waals surface area contributed by atoms with E-state index in [9.17, 15) is 0 Å². The van der Waals surface area contributed by atoms with Gasteiger partial charge in [0.2, 0.25) is 5.95 Å². The van der Waals surface area contributed by atoms with Gasteiger partial charge in [-0.3, -0.25) is 4.98 Å². The summed E-state index contributed by atoms with van der Waals surface area (Å²) in [5.74, 6) is 1.48. The number of pyridine rings is 1. The van der Waals surface area contributed by atoms with Crippen molar-refractivity contribution in [3.63, 3.8) is 0 Å². The Kier molecular flexibility index (Phi) is 4.48. The van der Waals surface area contributed by atoms with Gasteiger partial charge in [-0.15, -0.1) is 0 Å². The predicted molar refractivity (Wildman–Crippen MR) is 86.5 cm³/mol. The van der Waals surface area contributed by atoms with Gasteiger partial charge in [0.05, 0.1) is 0 Å². The minimum absolute atomic E-state index is 0.381. The monoisotopic (exact) mass is 299 g/mol. The van der Waals surface area contributed by atoms with Crippen molar-refractivity contribution < 1.29 is 4.74 Å². The van der Waals surface area contributed by atoms with E-state index < -0.39 is 0 Å². The molecule has 0 saturated carbocycles. The lowest BCUT2D eigenvalue weighted by atomic mass is 10.1. The molecule has 1 aliphatic rings. The summed E-state index contributed by atoms with van der Waals surface area (Å²) in [7, 11) is 0. The van der Waals surface area contributed by atoms with Gasteiger partial charge in [0.1, 0.15) is 5.82 Å². The van der Waals surface area contributed by atoms with Crippen molar-refractivity contribution >= 4 is 17.5 Å². The molecule has 0 radical (unpaired) electrons. The summed E-state index contributed by atoms with van der Waals surface area (Å²) < 4.78 is 5.37. The second kappa shape index (κ2) is 6.70. The van der Waals surface area contributed by atoms with Crippen molar-refractivity contribution in [1.29, 1.82) is 0 Å². The van der Waals surface area contributed by atoms with Gasteiger partial charge in [0.25, 0.3) is 0 Å². The van der Waals surface area contributed by atoms with E-state index in [-0.39, 0.29) is 0 Å². The number of nitrogens with zero attached hydrogens (tertiary/aromatic N) is 3. The van der Waals surface area contributed by atoms with E-state index in [1.807, 2.05) is 32.3 Å². The van der Waals surface area contributed by atoms with Crippen molar-refractivity contribution in [2.45, 2.75) is 32.7 Å². The molecular formula is C16H21N5O. The zero-order valence-corrected chi connectivity index (χ0v) is 13.0. The minimum atomic E-state index is 0.381. The van der Waals surface area contributed by atoms with Crippen molar-refractivity contribution in [3.05, 3.63) is 35.8 Å². The van der Waals surface area contributed by atoms with Crippen LogP contribution in [0.4, 0.5) is 17.5 Å². The fraction of sp³-hybridized carbons (Fsp3) is 0.438. The van der Waals surface area contributed by atoms with Crippen LogP contribution in [-0.2, 0) is 4.74 Å². The first-order chi connectivity index (χ1) is 10.7. The Hall–Kier alpha value is -2.21. The number of anilines is 3. The lowest BCUT2D eigenvalue weighted by molar-refractivity contribution is 0.0903. The van der Waals surface area contributed by atoms with Crippen LogP contribution in [0.5, 0.6) is 0 Å². The number of aryl methyl sites for hydroxylation is 2. The lowest BCUT2D eigenvalue weighted by Gasteiger charge is -2.23. The molecule has 1 fully saturated rings. The van der Waals surface area contributed by atoms with Crippen molar-refractivity contribution in [3.8, 4) is 0 Å². The maximum absolute atomic E-state index is 5.37. The SMILES string of the molecule is Cc1cnccc1Nc1nc(NC2CCOCC2)ncc1C.